The highest BCUT2D eigenvalue weighted by Gasteiger charge is 1.97. The molecular formula is C14H30N2O6. The smallest absolute Gasteiger partial charge is 0.303 e. The lowest BCUT2D eigenvalue weighted by Crippen LogP contribution is -2.28. The number of rotatable bonds is 18. The van der Waals surface area contributed by atoms with Gasteiger partial charge >= 0.3 is 5.97 Å². The second-order valence-electron chi connectivity index (χ2n) is 5.20. The summed E-state index contributed by atoms with van der Waals surface area (Å²) in [5.41, 5.74) is 2.43. The van der Waals surface area contributed by atoms with Gasteiger partial charge in [-0.05, 0) is 29.5 Å². The standard InChI is InChI=1S/C14H30N2O6/c17-14(18)10-8-6-4-2-1-3-5-7-9-11-15-12-13-16-20-22-21-19/h15-16,19H,1-13H2,(H,17,18). The number of hydrogen-bond donors (Lipinski definition) is 4. The Morgan fingerprint density at radius 2 is 1.41 bits per heavy atom. The fourth-order valence-corrected chi connectivity index (χ4v) is 2.11. The lowest BCUT2D eigenvalue weighted by Gasteiger charge is -2.05. The minimum absolute atomic E-state index is 0.302. The molecule has 22 heavy (non-hydrogen) atoms. The van der Waals surface area contributed by atoms with Gasteiger partial charge in [0.05, 0.1) is 0 Å². The minimum Gasteiger partial charge on any atom is -0.481 e. The number of carboxylic acids is 1. The van der Waals surface area contributed by atoms with Crippen LogP contribution in [0.15, 0.2) is 0 Å². The topological polar surface area (TPSA) is 109 Å². The summed E-state index contributed by atoms with van der Waals surface area (Å²) in [6, 6.07) is 0. The first-order valence-corrected chi connectivity index (χ1v) is 8.06. The summed E-state index contributed by atoms with van der Waals surface area (Å²) in [5.74, 6) is -0.690. The zero-order valence-corrected chi connectivity index (χ0v) is 13.2. The normalized spacial score (nSPS) is 11.0. The Kier molecular flexibility index (Phi) is 17.6. The van der Waals surface area contributed by atoms with Gasteiger partial charge in [0, 0.05) is 19.5 Å². The molecule has 0 heterocycles. The lowest BCUT2D eigenvalue weighted by atomic mass is 10.1. The Morgan fingerprint density at radius 3 is 2.00 bits per heavy atom. The van der Waals surface area contributed by atoms with Crippen LogP contribution in [0.2, 0.25) is 0 Å². The quantitative estimate of drug-likeness (QED) is 0.173. The van der Waals surface area contributed by atoms with E-state index < -0.39 is 5.97 Å². The molecule has 0 aromatic carbocycles. The second kappa shape index (κ2) is 18.3. The van der Waals surface area contributed by atoms with Gasteiger partial charge in [-0.15, -0.1) is 4.99 Å². The second-order valence-corrected chi connectivity index (χ2v) is 5.20. The highest BCUT2D eigenvalue weighted by molar-refractivity contribution is 5.66. The Balaban J connectivity index is 2.95. The third-order valence-corrected chi connectivity index (χ3v) is 3.27. The monoisotopic (exact) mass is 322 g/mol. The molecule has 0 fully saturated rings. The van der Waals surface area contributed by atoms with Gasteiger partial charge < -0.3 is 10.4 Å². The van der Waals surface area contributed by atoms with Crippen molar-refractivity contribution in [2.45, 2.75) is 64.2 Å². The Hall–Kier alpha value is -0.770. The van der Waals surface area contributed by atoms with E-state index in [1.807, 2.05) is 0 Å². The van der Waals surface area contributed by atoms with Crippen LogP contribution in [-0.2, 0) is 19.9 Å². The van der Waals surface area contributed by atoms with E-state index in [-0.39, 0.29) is 0 Å². The van der Waals surface area contributed by atoms with Crippen LogP contribution < -0.4 is 10.8 Å². The highest BCUT2D eigenvalue weighted by Crippen LogP contribution is 2.10. The lowest BCUT2D eigenvalue weighted by molar-refractivity contribution is -0.636. The SMILES string of the molecule is O=C(O)CCCCCCCCCCCNCCNOOOO. The molecule has 8 nitrogen and oxygen atoms in total. The number of nitrogens with one attached hydrogen (secondary N) is 2. The van der Waals surface area contributed by atoms with Crippen LogP contribution in [0.5, 0.6) is 0 Å². The number of hydrogen-bond acceptors (Lipinski definition) is 7. The maximum absolute atomic E-state index is 10.3. The van der Waals surface area contributed by atoms with Gasteiger partial charge in [-0.2, -0.15) is 5.48 Å². The van der Waals surface area contributed by atoms with E-state index in [0.717, 1.165) is 38.8 Å². The van der Waals surface area contributed by atoms with Gasteiger partial charge in [0.2, 0.25) is 0 Å². The van der Waals surface area contributed by atoms with Crippen LogP contribution in [0.25, 0.3) is 0 Å². The molecular weight excluding hydrogens is 292 g/mol. The molecule has 0 rings (SSSR count). The summed E-state index contributed by atoms with van der Waals surface area (Å²) >= 11 is 0. The number of carbonyl (C=O) groups is 1. The Labute approximate surface area is 131 Å². The van der Waals surface area contributed by atoms with E-state index in [0.29, 0.717) is 13.0 Å². The van der Waals surface area contributed by atoms with Gasteiger partial charge in [0.1, 0.15) is 0 Å². The maximum Gasteiger partial charge on any atom is 0.303 e. The average molecular weight is 322 g/mol. The van der Waals surface area contributed by atoms with Crippen molar-refractivity contribution in [2.75, 3.05) is 19.6 Å². The first-order valence-electron chi connectivity index (χ1n) is 8.06. The molecule has 0 bridgehead atoms. The van der Waals surface area contributed by atoms with E-state index >= 15 is 0 Å². The van der Waals surface area contributed by atoms with Crippen molar-refractivity contribution in [3.05, 3.63) is 0 Å². The summed E-state index contributed by atoms with van der Waals surface area (Å²) in [6.45, 7) is 2.25. The summed E-state index contributed by atoms with van der Waals surface area (Å²) in [4.78, 5) is 14.5. The summed E-state index contributed by atoms with van der Waals surface area (Å²) in [6.07, 6.45) is 10.6. The first kappa shape index (κ1) is 21.2. The van der Waals surface area contributed by atoms with E-state index in [1.165, 1.54) is 32.1 Å². The zero-order valence-electron chi connectivity index (χ0n) is 13.2. The fraction of sp³-hybridized carbons (Fsp3) is 0.929. The molecule has 0 radical (unpaired) electrons. The van der Waals surface area contributed by atoms with Crippen molar-refractivity contribution >= 4 is 5.97 Å². The van der Waals surface area contributed by atoms with Gasteiger partial charge in [-0.25, -0.2) is 5.26 Å². The third kappa shape index (κ3) is 19.2. The molecule has 0 aromatic rings. The van der Waals surface area contributed by atoms with Crippen LogP contribution in [0.1, 0.15) is 64.2 Å². The molecule has 0 amide bonds. The molecule has 0 aliphatic rings. The molecule has 4 N–H and O–H groups in total. The molecule has 0 saturated heterocycles. The molecule has 0 unspecified atom stereocenters. The molecule has 0 aliphatic carbocycles. The van der Waals surface area contributed by atoms with Gasteiger partial charge in [-0.3, -0.25) is 4.79 Å². The predicted molar refractivity (Wildman–Crippen MR) is 80.6 cm³/mol. The first-order chi connectivity index (χ1) is 10.8. The molecule has 0 atom stereocenters. The Bertz CT molecular complexity index is 243. The highest BCUT2D eigenvalue weighted by atomic mass is 17.7. The number of aliphatic carboxylic acids is 1. The van der Waals surface area contributed by atoms with E-state index in [9.17, 15) is 4.79 Å². The van der Waals surface area contributed by atoms with Crippen LogP contribution in [0.4, 0.5) is 0 Å². The van der Waals surface area contributed by atoms with E-state index in [1.54, 1.807) is 0 Å². The van der Waals surface area contributed by atoms with Gasteiger partial charge in [0.25, 0.3) is 0 Å². The van der Waals surface area contributed by atoms with Crippen molar-refractivity contribution in [2.24, 2.45) is 0 Å². The minimum atomic E-state index is -0.690. The van der Waals surface area contributed by atoms with Crippen LogP contribution in [0.3, 0.4) is 0 Å². The van der Waals surface area contributed by atoms with E-state index in [2.05, 4.69) is 25.9 Å². The molecule has 8 heteroatoms. The zero-order chi connectivity index (χ0) is 16.3. The molecule has 0 aliphatic heterocycles. The van der Waals surface area contributed by atoms with Crippen molar-refractivity contribution in [3.63, 3.8) is 0 Å². The van der Waals surface area contributed by atoms with Crippen molar-refractivity contribution in [1.29, 1.82) is 0 Å². The third-order valence-electron chi connectivity index (χ3n) is 3.27. The van der Waals surface area contributed by atoms with Crippen LogP contribution >= 0.6 is 0 Å². The van der Waals surface area contributed by atoms with Crippen molar-refractivity contribution in [3.8, 4) is 0 Å². The van der Waals surface area contributed by atoms with E-state index in [4.69, 9.17) is 10.4 Å². The molecule has 0 spiro atoms. The Morgan fingerprint density at radius 1 is 0.818 bits per heavy atom. The van der Waals surface area contributed by atoms with Crippen LogP contribution in [-0.4, -0.2) is 36.0 Å². The van der Waals surface area contributed by atoms with Crippen molar-refractivity contribution < 1.29 is 30.2 Å². The number of unbranched alkanes of at least 4 members (excludes halogenated alkanes) is 8. The van der Waals surface area contributed by atoms with Crippen LogP contribution in [0, 0.1) is 0 Å². The molecule has 0 saturated carbocycles. The van der Waals surface area contributed by atoms with Gasteiger partial charge in [0.15, 0.2) is 0 Å². The average Bonchev–Trinajstić information content (AvgIpc) is 2.50. The molecule has 132 valence electrons. The summed E-state index contributed by atoms with van der Waals surface area (Å²) in [7, 11) is 0. The summed E-state index contributed by atoms with van der Waals surface area (Å²) < 4.78 is 0. The predicted octanol–water partition coefficient (Wildman–Crippen LogP) is 2.42. The van der Waals surface area contributed by atoms with Gasteiger partial charge in [-0.1, -0.05) is 44.9 Å². The summed E-state index contributed by atoms with van der Waals surface area (Å²) in [5, 5.41) is 26.5. The molecule has 0 aromatic heterocycles. The largest absolute Gasteiger partial charge is 0.481 e. The number of carboxylic acid groups (broad SMARTS) is 1. The maximum atomic E-state index is 10.3. The van der Waals surface area contributed by atoms with Crippen molar-refractivity contribution in [1.82, 2.24) is 10.8 Å². The number of hydroxylamine groups is 1. The fourth-order valence-electron chi connectivity index (χ4n) is 2.11.